The molecule has 0 aliphatic carbocycles. The first-order valence-corrected chi connectivity index (χ1v) is 4.63. The average molecular weight is 206 g/mol. The Balaban J connectivity index is 2.19. The SMILES string of the molecule is Cc1ccc(Nc2nc(=S)[nH][nH]2)cc1. The zero-order valence-corrected chi connectivity index (χ0v) is 8.48. The Morgan fingerprint density at radius 1 is 1.21 bits per heavy atom. The van der Waals surface area contributed by atoms with Crippen LogP contribution in [-0.4, -0.2) is 15.2 Å². The van der Waals surface area contributed by atoms with Gasteiger partial charge in [-0.15, -0.1) is 0 Å². The summed E-state index contributed by atoms with van der Waals surface area (Å²) in [4.78, 5) is 4.02. The van der Waals surface area contributed by atoms with Crippen LogP contribution in [0, 0.1) is 11.7 Å². The number of aromatic nitrogens is 3. The molecule has 0 aliphatic heterocycles. The van der Waals surface area contributed by atoms with E-state index in [-0.39, 0.29) is 0 Å². The molecule has 0 fully saturated rings. The quantitative estimate of drug-likeness (QED) is 0.662. The van der Waals surface area contributed by atoms with E-state index in [1.807, 2.05) is 31.2 Å². The van der Waals surface area contributed by atoms with E-state index in [1.54, 1.807) is 0 Å². The second-order valence-corrected chi connectivity index (χ2v) is 3.39. The Hall–Kier alpha value is -1.62. The summed E-state index contributed by atoms with van der Waals surface area (Å²) in [5.41, 5.74) is 2.21. The van der Waals surface area contributed by atoms with Crippen molar-refractivity contribution < 1.29 is 0 Å². The molecule has 3 N–H and O–H groups in total. The van der Waals surface area contributed by atoms with Crippen LogP contribution in [0.2, 0.25) is 0 Å². The fraction of sp³-hybridized carbons (Fsp3) is 0.111. The second-order valence-electron chi connectivity index (χ2n) is 3.01. The number of aromatic amines is 2. The molecule has 0 atom stereocenters. The molecule has 72 valence electrons. The lowest BCUT2D eigenvalue weighted by Gasteiger charge is -2.01. The number of rotatable bonds is 2. The number of nitrogens with one attached hydrogen (secondary N) is 3. The molecule has 4 nitrogen and oxygen atoms in total. The van der Waals surface area contributed by atoms with E-state index in [2.05, 4.69) is 20.5 Å². The van der Waals surface area contributed by atoms with E-state index in [9.17, 15) is 0 Å². The first-order valence-electron chi connectivity index (χ1n) is 4.22. The molecular formula is C9H10N4S. The number of hydrogen-bond donors (Lipinski definition) is 3. The monoisotopic (exact) mass is 206 g/mol. The first kappa shape index (κ1) is 8.96. The van der Waals surface area contributed by atoms with E-state index in [1.165, 1.54) is 5.56 Å². The maximum Gasteiger partial charge on any atom is 0.222 e. The summed E-state index contributed by atoms with van der Waals surface area (Å²) < 4.78 is 0.444. The Morgan fingerprint density at radius 2 is 1.93 bits per heavy atom. The van der Waals surface area contributed by atoms with Gasteiger partial charge in [0.2, 0.25) is 10.7 Å². The molecule has 0 aliphatic rings. The zero-order valence-electron chi connectivity index (χ0n) is 7.66. The fourth-order valence-electron chi connectivity index (χ4n) is 1.10. The Labute approximate surface area is 86.4 Å². The summed E-state index contributed by atoms with van der Waals surface area (Å²) >= 11 is 4.83. The smallest absolute Gasteiger partial charge is 0.222 e. The van der Waals surface area contributed by atoms with Gasteiger partial charge in [0.05, 0.1) is 0 Å². The summed E-state index contributed by atoms with van der Waals surface area (Å²) in [6.45, 7) is 2.05. The molecule has 14 heavy (non-hydrogen) atoms. The van der Waals surface area contributed by atoms with Gasteiger partial charge in [0.1, 0.15) is 0 Å². The van der Waals surface area contributed by atoms with Crippen molar-refractivity contribution in [2.24, 2.45) is 0 Å². The van der Waals surface area contributed by atoms with Gasteiger partial charge in [0.25, 0.3) is 0 Å². The predicted octanol–water partition coefficient (Wildman–Crippen LogP) is 2.52. The van der Waals surface area contributed by atoms with Gasteiger partial charge in [-0.3, -0.25) is 10.2 Å². The number of benzene rings is 1. The van der Waals surface area contributed by atoms with E-state index < -0.39 is 0 Å². The molecule has 5 heteroatoms. The molecule has 0 saturated carbocycles. The van der Waals surface area contributed by atoms with Crippen LogP contribution in [0.3, 0.4) is 0 Å². The molecule has 0 radical (unpaired) electrons. The lowest BCUT2D eigenvalue weighted by Crippen LogP contribution is -1.91. The molecule has 2 rings (SSSR count). The van der Waals surface area contributed by atoms with Gasteiger partial charge in [-0.05, 0) is 31.3 Å². The molecule has 0 spiro atoms. The molecule has 2 aromatic rings. The highest BCUT2D eigenvalue weighted by Gasteiger charge is 1.96. The molecule has 0 bridgehead atoms. The summed E-state index contributed by atoms with van der Waals surface area (Å²) in [5.74, 6) is 0.624. The third-order valence-electron chi connectivity index (χ3n) is 1.82. The third-order valence-corrected chi connectivity index (χ3v) is 2.01. The van der Waals surface area contributed by atoms with E-state index in [4.69, 9.17) is 12.2 Å². The number of H-pyrrole nitrogens is 2. The summed E-state index contributed by atoms with van der Waals surface area (Å²) in [5, 5.41) is 8.62. The van der Waals surface area contributed by atoms with E-state index >= 15 is 0 Å². The van der Waals surface area contributed by atoms with Crippen LogP contribution in [0.5, 0.6) is 0 Å². The van der Waals surface area contributed by atoms with Gasteiger partial charge in [-0.1, -0.05) is 17.7 Å². The van der Waals surface area contributed by atoms with Crippen LogP contribution >= 0.6 is 12.2 Å². The van der Waals surface area contributed by atoms with Crippen molar-refractivity contribution in [1.82, 2.24) is 15.2 Å². The maximum atomic E-state index is 4.83. The molecule has 1 aromatic carbocycles. The fourth-order valence-corrected chi connectivity index (χ4v) is 1.25. The highest BCUT2D eigenvalue weighted by Crippen LogP contribution is 2.12. The molecule has 1 aromatic heterocycles. The number of aryl methyl sites for hydroxylation is 1. The van der Waals surface area contributed by atoms with Gasteiger partial charge >= 0.3 is 0 Å². The number of anilines is 2. The molecule has 1 heterocycles. The van der Waals surface area contributed by atoms with Crippen LogP contribution in [0.1, 0.15) is 5.56 Å². The van der Waals surface area contributed by atoms with Gasteiger partial charge in [0, 0.05) is 5.69 Å². The molecular weight excluding hydrogens is 196 g/mol. The lowest BCUT2D eigenvalue weighted by atomic mass is 10.2. The van der Waals surface area contributed by atoms with Crippen molar-refractivity contribution in [2.45, 2.75) is 6.92 Å². The van der Waals surface area contributed by atoms with E-state index in [0.717, 1.165) is 5.69 Å². The van der Waals surface area contributed by atoms with Crippen LogP contribution in [0.25, 0.3) is 0 Å². The highest BCUT2D eigenvalue weighted by atomic mass is 32.1. The summed E-state index contributed by atoms with van der Waals surface area (Å²) in [6, 6.07) is 8.04. The van der Waals surface area contributed by atoms with Crippen molar-refractivity contribution in [1.29, 1.82) is 0 Å². The molecule has 0 unspecified atom stereocenters. The van der Waals surface area contributed by atoms with Crippen LogP contribution in [0.15, 0.2) is 24.3 Å². The van der Waals surface area contributed by atoms with Gasteiger partial charge in [0.15, 0.2) is 0 Å². The van der Waals surface area contributed by atoms with Gasteiger partial charge in [-0.2, -0.15) is 4.98 Å². The molecule has 0 saturated heterocycles. The Bertz CT molecular complexity index is 468. The van der Waals surface area contributed by atoms with Crippen LogP contribution < -0.4 is 5.32 Å². The Kier molecular flexibility index (Phi) is 2.32. The standard InChI is InChI=1S/C9H10N4S/c1-6-2-4-7(5-3-6)10-8-11-9(14)13-12-8/h2-5H,1H3,(H3,10,11,12,13,14). The van der Waals surface area contributed by atoms with Crippen LogP contribution in [-0.2, 0) is 0 Å². The average Bonchev–Trinajstić information content (AvgIpc) is 2.56. The minimum Gasteiger partial charge on any atom is -0.325 e. The van der Waals surface area contributed by atoms with Gasteiger partial charge < -0.3 is 5.32 Å². The summed E-state index contributed by atoms with van der Waals surface area (Å²) in [6.07, 6.45) is 0. The zero-order chi connectivity index (χ0) is 9.97. The van der Waals surface area contributed by atoms with Crippen molar-refractivity contribution in [3.05, 3.63) is 34.6 Å². The maximum absolute atomic E-state index is 4.83. The highest BCUT2D eigenvalue weighted by molar-refractivity contribution is 7.71. The number of nitrogens with zero attached hydrogens (tertiary/aromatic N) is 1. The largest absolute Gasteiger partial charge is 0.325 e. The second kappa shape index (κ2) is 3.63. The van der Waals surface area contributed by atoms with Gasteiger partial charge in [-0.25, -0.2) is 0 Å². The Morgan fingerprint density at radius 3 is 2.50 bits per heavy atom. The van der Waals surface area contributed by atoms with Crippen molar-refractivity contribution in [2.75, 3.05) is 5.32 Å². The third kappa shape index (κ3) is 2.00. The number of hydrogen-bond acceptors (Lipinski definition) is 3. The van der Waals surface area contributed by atoms with Crippen molar-refractivity contribution in [3.8, 4) is 0 Å². The topological polar surface area (TPSA) is 56.5 Å². The minimum atomic E-state index is 0.444. The first-order chi connectivity index (χ1) is 6.74. The van der Waals surface area contributed by atoms with Crippen molar-refractivity contribution >= 4 is 23.9 Å². The van der Waals surface area contributed by atoms with Crippen molar-refractivity contribution in [3.63, 3.8) is 0 Å². The predicted molar refractivity (Wildman–Crippen MR) is 58.2 cm³/mol. The minimum absolute atomic E-state index is 0.444. The normalized spacial score (nSPS) is 10.1. The van der Waals surface area contributed by atoms with Crippen LogP contribution in [0.4, 0.5) is 11.6 Å². The lowest BCUT2D eigenvalue weighted by molar-refractivity contribution is 1.08. The van der Waals surface area contributed by atoms with E-state index in [0.29, 0.717) is 10.7 Å². The molecule has 0 amide bonds. The summed E-state index contributed by atoms with van der Waals surface area (Å²) in [7, 11) is 0.